The molecule has 2 aromatic rings. The van der Waals surface area contributed by atoms with Crippen LogP contribution >= 0.6 is 11.3 Å². The van der Waals surface area contributed by atoms with Gasteiger partial charge in [0.2, 0.25) is 0 Å². The number of pyridine rings is 1. The number of nitrogens with one attached hydrogen (secondary N) is 1. The van der Waals surface area contributed by atoms with Crippen LogP contribution in [0.3, 0.4) is 0 Å². The molecule has 8 heteroatoms. The lowest BCUT2D eigenvalue weighted by Crippen LogP contribution is -2.07. The Labute approximate surface area is 163 Å². The third kappa shape index (κ3) is 4.24. The Morgan fingerprint density at radius 1 is 1.19 bits per heavy atom. The second-order valence-corrected chi connectivity index (χ2v) is 6.95. The van der Waals surface area contributed by atoms with Crippen molar-refractivity contribution >= 4 is 33.9 Å². The van der Waals surface area contributed by atoms with Gasteiger partial charge in [0.05, 0.1) is 17.0 Å². The van der Waals surface area contributed by atoms with Gasteiger partial charge >= 0.3 is 0 Å². The molecule has 0 amide bonds. The Kier molecular flexibility index (Phi) is 6.49. The SMILES string of the molecule is CC=C([N-]N)c1sc(C(=C(C)N)c2ccccn2)nc1C(C(C)=N)=C(C)N. The number of rotatable bonds is 6. The van der Waals surface area contributed by atoms with E-state index < -0.39 is 0 Å². The lowest BCUT2D eigenvalue weighted by Gasteiger charge is -2.19. The first-order valence-corrected chi connectivity index (χ1v) is 9.12. The van der Waals surface area contributed by atoms with E-state index in [0.29, 0.717) is 39.1 Å². The monoisotopic (exact) mass is 382 g/mol. The van der Waals surface area contributed by atoms with Crippen LogP contribution in [0.5, 0.6) is 0 Å². The fraction of sp³-hybridized carbons (Fsp3) is 0.211. The van der Waals surface area contributed by atoms with Gasteiger partial charge in [0.25, 0.3) is 0 Å². The number of hydrogen-bond acceptors (Lipinski definition) is 7. The zero-order valence-corrected chi connectivity index (χ0v) is 16.7. The molecule has 142 valence electrons. The van der Waals surface area contributed by atoms with E-state index in [-0.39, 0.29) is 0 Å². The van der Waals surface area contributed by atoms with E-state index in [4.69, 9.17) is 27.7 Å². The maximum atomic E-state index is 8.13. The quantitative estimate of drug-likeness (QED) is 0.343. The molecule has 27 heavy (non-hydrogen) atoms. The largest absolute Gasteiger partial charge is 0.624 e. The number of hydrogen-bond donors (Lipinski definition) is 4. The minimum atomic E-state index is 0.313. The molecule has 0 spiro atoms. The summed E-state index contributed by atoms with van der Waals surface area (Å²) in [5.74, 6) is 5.58. The molecule has 0 bridgehead atoms. The van der Waals surface area contributed by atoms with Crippen molar-refractivity contribution in [2.75, 3.05) is 0 Å². The first-order chi connectivity index (χ1) is 12.8. The highest BCUT2D eigenvalue weighted by Crippen LogP contribution is 2.38. The van der Waals surface area contributed by atoms with Crippen LogP contribution in [0.1, 0.15) is 49.0 Å². The summed E-state index contributed by atoms with van der Waals surface area (Å²) in [6.45, 7) is 7.07. The molecule has 0 radical (unpaired) electrons. The van der Waals surface area contributed by atoms with Crippen molar-refractivity contribution in [2.24, 2.45) is 17.3 Å². The minimum Gasteiger partial charge on any atom is -0.624 e. The van der Waals surface area contributed by atoms with Gasteiger partial charge in [-0.05, 0) is 39.8 Å². The Bertz CT molecular complexity index is 928. The summed E-state index contributed by atoms with van der Waals surface area (Å²) < 4.78 is 0. The molecule has 7 N–H and O–H groups in total. The van der Waals surface area contributed by atoms with E-state index in [0.717, 1.165) is 16.1 Å². The highest BCUT2D eigenvalue weighted by molar-refractivity contribution is 7.14. The van der Waals surface area contributed by atoms with E-state index >= 15 is 0 Å². The molecule has 0 atom stereocenters. The predicted molar refractivity (Wildman–Crippen MR) is 114 cm³/mol. The minimum absolute atomic E-state index is 0.313. The van der Waals surface area contributed by atoms with Crippen molar-refractivity contribution in [3.05, 3.63) is 68.6 Å². The Hall–Kier alpha value is -2.97. The third-order valence-electron chi connectivity index (χ3n) is 3.81. The first-order valence-electron chi connectivity index (χ1n) is 8.30. The molecule has 0 aromatic carbocycles. The summed E-state index contributed by atoms with van der Waals surface area (Å²) in [5, 5.41) is 8.80. The second-order valence-electron chi connectivity index (χ2n) is 5.96. The van der Waals surface area contributed by atoms with E-state index in [2.05, 4.69) is 10.4 Å². The van der Waals surface area contributed by atoms with Gasteiger partial charge in [-0.1, -0.05) is 6.07 Å². The van der Waals surface area contributed by atoms with E-state index in [1.165, 1.54) is 11.3 Å². The van der Waals surface area contributed by atoms with Crippen molar-refractivity contribution < 1.29 is 0 Å². The van der Waals surface area contributed by atoms with Crippen LogP contribution in [-0.4, -0.2) is 15.7 Å². The summed E-state index contributed by atoms with van der Waals surface area (Å²) in [4.78, 5) is 9.91. The van der Waals surface area contributed by atoms with Gasteiger partial charge in [0.1, 0.15) is 5.01 Å². The molecule has 0 aliphatic heterocycles. The first kappa shape index (κ1) is 20.3. The van der Waals surface area contributed by atoms with Crippen LogP contribution in [0, 0.1) is 5.41 Å². The highest BCUT2D eigenvalue weighted by atomic mass is 32.1. The summed E-state index contributed by atoms with van der Waals surface area (Å²) in [6.07, 6.45) is 3.50. The standard InChI is InChI=1S/C19H24N7S/c1-5-13(26-23)18-17(15(10(2)20)11(3)21)25-19(27-18)16(12(4)22)14-8-6-7-9-24-14/h5-9,20H,21-23H2,1-4H3/q-1. The Morgan fingerprint density at radius 2 is 1.89 bits per heavy atom. The van der Waals surface area contributed by atoms with Crippen molar-refractivity contribution in [1.29, 1.82) is 5.41 Å². The molecule has 0 fully saturated rings. The molecule has 0 aliphatic rings. The van der Waals surface area contributed by atoms with Gasteiger partial charge in [-0.3, -0.25) is 4.98 Å². The fourth-order valence-electron chi connectivity index (χ4n) is 2.69. The van der Waals surface area contributed by atoms with Crippen molar-refractivity contribution in [3.8, 4) is 0 Å². The topological polar surface area (TPSA) is 142 Å². The number of nitrogens with two attached hydrogens (primary N) is 3. The summed E-state index contributed by atoms with van der Waals surface area (Å²) >= 11 is 1.39. The lowest BCUT2D eigenvalue weighted by atomic mass is 10.0. The van der Waals surface area contributed by atoms with Crippen LogP contribution in [-0.2, 0) is 0 Å². The van der Waals surface area contributed by atoms with Crippen LogP contribution in [0.15, 0.2) is 41.9 Å². The number of aromatic nitrogens is 2. The van der Waals surface area contributed by atoms with Gasteiger partial charge < -0.3 is 28.1 Å². The number of thiazole rings is 1. The molecule has 0 saturated carbocycles. The predicted octanol–water partition coefficient (Wildman–Crippen LogP) is 3.61. The normalized spacial score (nSPS) is 13.7. The number of allylic oxidation sites excluding steroid dienone is 4. The lowest BCUT2D eigenvalue weighted by molar-refractivity contribution is 1.20. The second kappa shape index (κ2) is 8.61. The molecular weight excluding hydrogens is 358 g/mol. The van der Waals surface area contributed by atoms with Gasteiger partial charge in [-0.2, -0.15) is 0 Å². The van der Waals surface area contributed by atoms with E-state index in [1.807, 2.05) is 25.1 Å². The van der Waals surface area contributed by atoms with Crippen molar-refractivity contribution in [1.82, 2.24) is 9.97 Å². The van der Waals surface area contributed by atoms with E-state index in [1.54, 1.807) is 33.0 Å². The van der Waals surface area contributed by atoms with Crippen LogP contribution in [0.2, 0.25) is 0 Å². The third-order valence-corrected chi connectivity index (χ3v) is 4.90. The highest BCUT2D eigenvalue weighted by Gasteiger charge is 2.21. The van der Waals surface area contributed by atoms with Gasteiger partial charge in [-0.15, -0.1) is 23.1 Å². The average Bonchev–Trinajstić information content (AvgIpc) is 3.00. The van der Waals surface area contributed by atoms with Gasteiger partial charge in [-0.25, -0.2) is 4.98 Å². The molecule has 7 nitrogen and oxygen atoms in total. The maximum absolute atomic E-state index is 8.13. The Morgan fingerprint density at radius 3 is 2.33 bits per heavy atom. The molecule has 0 unspecified atom stereocenters. The van der Waals surface area contributed by atoms with Crippen molar-refractivity contribution in [3.63, 3.8) is 0 Å². The maximum Gasteiger partial charge on any atom is 0.128 e. The molecule has 0 saturated heterocycles. The Balaban J connectivity index is 2.81. The van der Waals surface area contributed by atoms with Crippen LogP contribution in [0.25, 0.3) is 22.3 Å². The smallest absolute Gasteiger partial charge is 0.128 e. The van der Waals surface area contributed by atoms with Gasteiger partial charge in [0.15, 0.2) is 0 Å². The van der Waals surface area contributed by atoms with Crippen molar-refractivity contribution in [2.45, 2.75) is 27.7 Å². The molecule has 2 rings (SSSR count). The van der Waals surface area contributed by atoms with Gasteiger partial charge in [0, 0.05) is 33.8 Å². The molecule has 2 aromatic heterocycles. The molecule has 2 heterocycles. The summed E-state index contributed by atoms with van der Waals surface area (Å²) in [7, 11) is 0. The van der Waals surface area contributed by atoms with Crippen LogP contribution in [0.4, 0.5) is 0 Å². The average molecular weight is 383 g/mol. The summed E-state index contributed by atoms with van der Waals surface area (Å²) in [5.41, 5.74) is 20.6. The zero-order valence-electron chi connectivity index (χ0n) is 15.9. The molecular formula is C19H24N7S-. The number of nitrogens with zero attached hydrogens (tertiary/aromatic N) is 3. The molecule has 0 aliphatic carbocycles. The fourth-order valence-corrected chi connectivity index (χ4v) is 3.90. The van der Waals surface area contributed by atoms with Crippen LogP contribution < -0.4 is 17.3 Å². The summed E-state index contributed by atoms with van der Waals surface area (Å²) in [6, 6.07) is 5.61. The zero-order chi connectivity index (χ0) is 20.1. The van der Waals surface area contributed by atoms with E-state index in [9.17, 15) is 0 Å².